The molecule has 0 fully saturated rings. The minimum absolute atomic E-state index is 0.322. The molecule has 6 nitrogen and oxygen atoms in total. The van der Waals surface area contributed by atoms with Crippen molar-refractivity contribution in [3.8, 4) is 11.4 Å². The molecule has 0 spiro atoms. The van der Waals surface area contributed by atoms with Crippen LogP contribution in [0.4, 0.5) is 0 Å². The fourth-order valence-electron chi connectivity index (χ4n) is 3.10. The number of aromatic amines is 2. The molecule has 0 aromatic carbocycles. The summed E-state index contributed by atoms with van der Waals surface area (Å²) in [5, 5.41) is 0. The van der Waals surface area contributed by atoms with E-state index in [1.165, 1.54) is 0 Å². The van der Waals surface area contributed by atoms with Gasteiger partial charge in [-0.1, -0.05) is 26.7 Å². The largest absolute Gasteiger partial charge is 0.461 e. The molecular formula is C20H26I2N2O4. The number of aromatic nitrogens is 2. The number of hydrogen-bond acceptors (Lipinski definition) is 4. The smallest absolute Gasteiger partial charge is 0.355 e. The van der Waals surface area contributed by atoms with Crippen LogP contribution < -0.4 is 0 Å². The molecule has 2 aromatic rings. The van der Waals surface area contributed by atoms with E-state index in [2.05, 4.69) is 69.0 Å². The third-order valence-corrected chi connectivity index (χ3v) is 6.66. The number of H-pyrrole nitrogens is 2. The Balaban J connectivity index is 2.64. The molecule has 2 aromatic heterocycles. The quantitative estimate of drug-likeness (QED) is 0.291. The first-order chi connectivity index (χ1) is 13.4. The van der Waals surface area contributed by atoms with Crippen LogP contribution in [-0.4, -0.2) is 35.1 Å². The topological polar surface area (TPSA) is 84.2 Å². The van der Waals surface area contributed by atoms with E-state index in [1.807, 2.05) is 0 Å². The van der Waals surface area contributed by atoms with Crippen molar-refractivity contribution in [2.24, 2.45) is 0 Å². The van der Waals surface area contributed by atoms with Crippen LogP contribution in [0.15, 0.2) is 0 Å². The van der Waals surface area contributed by atoms with Gasteiger partial charge in [0.2, 0.25) is 0 Å². The average Bonchev–Trinajstić information content (AvgIpc) is 3.15. The molecule has 2 heterocycles. The summed E-state index contributed by atoms with van der Waals surface area (Å²) in [4.78, 5) is 31.4. The number of halogens is 2. The van der Waals surface area contributed by atoms with Crippen molar-refractivity contribution in [3.63, 3.8) is 0 Å². The maximum absolute atomic E-state index is 12.4. The van der Waals surface area contributed by atoms with Gasteiger partial charge < -0.3 is 19.4 Å². The van der Waals surface area contributed by atoms with E-state index in [0.29, 0.717) is 24.6 Å². The van der Waals surface area contributed by atoms with Gasteiger partial charge in [-0.2, -0.15) is 0 Å². The first kappa shape index (κ1) is 23.2. The van der Waals surface area contributed by atoms with Crippen LogP contribution in [0.1, 0.15) is 72.6 Å². The van der Waals surface area contributed by atoms with Crippen LogP contribution in [0.3, 0.4) is 0 Å². The first-order valence-electron chi connectivity index (χ1n) is 9.56. The molecule has 0 amide bonds. The fourth-order valence-corrected chi connectivity index (χ4v) is 4.99. The van der Waals surface area contributed by atoms with Crippen LogP contribution >= 0.6 is 45.2 Å². The van der Waals surface area contributed by atoms with Gasteiger partial charge in [-0.3, -0.25) is 0 Å². The van der Waals surface area contributed by atoms with E-state index < -0.39 is 0 Å². The lowest BCUT2D eigenvalue weighted by atomic mass is 10.1. The molecule has 8 heteroatoms. The van der Waals surface area contributed by atoms with Gasteiger partial charge in [0.05, 0.1) is 24.6 Å². The number of nitrogens with one attached hydrogen (secondary N) is 2. The normalized spacial score (nSPS) is 10.9. The van der Waals surface area contributed by atoms with Gasteiger partial charge in [-0.25, -0.2) is 9.59 Å². The van der Waals surface area contributed by atoms with Crippen molar-refractivity contribution in [2.45, 2.75) is 53.4 Å². The van der Waals surface area contributed by atoms with Crippen molar-refractivity contribution in [1.82, 2.24) is 9.97 Å². The number of ether oxygens (including phenoxy) is 2. The lowest BCUT2D eigenvalue weighted by Gasteiger charge is -2.02. The summed E-state index contributed by atoms with van der Waals surface area (Å²) >= 11 is 4.53. The predicted molar refractivity (Wildman–Crippen MR) is 126 cm³/mol. The molecule has 0 aliphatic heterocycles. The molecule has 154 valence electrons. The Bertz CT molecular complexity index is 785. The van der Waals surface area contributed by atoms with Crippen LogP contribution in [0.5, 0.6) is 0 Å². The Morgan fingerprint density at radius 1 is 0.750 bits per heavy atom. The molecule has 2 rings (SSSR count). The summed E-state index contributed by atoms with van der Waals surface area (Å²) in [6, 6.07) is 0. The zero-order valence-electron chi connectivity index (χ0n) is 16.6. The van der Waals surface area contributed by atoms with Gasteiger partial charge in [0, 0.05) is 7.14 Å². The Hall–Kier alpha value is -1.04. The lowest BCUT2D eigenvalue weighted by molar-refractivity contribution is 0.0509. The highest BCUT2D eigenvalue weighted by atomic mass is 127. The molecule has 0 aliphatic carbocycles. The minimum Gasteiger partial charge on any atom is -0.461 e. The number of rotatable bonds is 9. The third kappa shape index (κ3) is 4.74. The van der Waals surface area contributed by atoms with Crippen LogP contribution in [0.25, 0.3) is 11.4 Å². The summed E-state index contributed by atoms with van der Waals surface area (Å²) in [5.41, 5.74) is 4.51. The van der Waals surface area contributed by atoms with Gasteiger partial charge in [0.15, 0.2) is 0 Å². The van der Waals surface area contributed by atoms with Crippen LogP contribution in [-0.2, 0) is 22.3 Å². The van der Waals surface area contributed by atoms with Gasteiger partial charge in [0.1, 0.15) is 11.4 Å². The lowest BCUT2D eigenvalue weighted by Crippen LogP contribution is -2.08. The summed E-state index contributed by atoms with van der Waals surface area (Å²) in [6.45, 7) is 8.39. The van der Waals surface area contributed by atoms with Crippen molar-refractivity contribution < 1.29 is 19.1 Å². The maximum Gasteiger partial charge on any atom is 0.355 e. The SMILES string of the molecule is CCCc1c(C(=O)OCC)[nH]c(-c2[nH]c(C(=O)OCC)c(CCC)c2I)c1I. The maximum atomic E-state index is 12.4. The first-order valence-corrected chi connectivity index (χ1v) is 11.7. The van der Waals surface area contributed by atoms with E-state index in [1.54, 1.807) is 13.8 Å². The van der Waals surface area contributed by atoms with E-state index in [0.717, 1.165) is 55.3 Å². The molecule has 0 saturated heterocycles. The molecule has 0 saturated carbocycles. The second-order valence-corrected chi connectivity index (χ2v) is 8.43. The van der Waals surface area contributed by atoms with Crippen LogP contribution in [0, 0.1) is 7.14 Å². The number of esters is 2. The van der Waals surface area contributed by atoms with Crippen molar-refractivity contribution in [1.29, 1.82) is 0 Å². The van der Waals surface area contributed by atoms with E-state index in [4.69, 9.17) is 9.47 Å². The molecule has 0 bridgehead atoms. The second kappa shape index (κ2) is 10.7. The summed E-state index contributed by atoms with van der Waals surface area (Å²) in [5.74, 6) is -0.702. The Morgan fingerprint density at radius 2 is 1.11 bits per heavy atom. The highest BCUT2D eigenvalue weighted by Gasteiger charge is 2.27. The molecule has 0 atom stereocenters. The Kier molecular flexibility index (Phi) is 8.84. The van der Waals surface area contributed by atoms with Gasteiger partial charge in [0.25, 0.3) is 0 Å². The zero-order chi connectivity index (χ0) is 20.8. The molecule has 0 aliphatic rings. The number of hydrogen-bond donors (Lipinski definition) is 2. The molecule has 0 unspecified atom stereocenters. The Labute approximate surface area is 192 Å². The Morgan fingerprint density at radius 3 is 1.39 bits per heavy atom. The highest BCUT2D eigenvalue weighted by molar-refractivity contribution is 14.1. The van der Waals surface area contributed by atoms with Gasteiger partial charge >= 0.3 is 11.9 Å². The van der Waals surface area contributed by atoms with E-state index in [9.17, 15) is 9.59 Å². The van der Waals surface area contributed by atoms with Gasteiger partial charge in [-0.15, -0.1) is 0 Å². The van der Waals surface area contributed by atoms with Crippen LogP contribution in [0.2, 0.25) is 0 Å². The molecule has 0 radical (unpaired) electrons. The van der Waals surface area contributed by atoms with Crippen molar-refractivity contribution >= 4 is 57.1 Å². The highest BCUT2D eigenvalue weighted by Crippen LogP contribution is 2.36. The van der Waals surface area contributed by atoms with E-state index >= 15 is 0 Å². The summed E-state index contributed by atoms with van der Waals surface area (Å²) in [7, 11) is 0. The molecule has 28 heavy (non-hydrogen) atoms. The molecule has 2 N–H and O–H groups in total. The second-order valence-electron chi connectivity index (χ2n) is 6.28. The minimum atomic E-state index is -0.351. The molecular weight excluding hydrogens is 586 g/mol. The van der Waals surface area contributed by atoms with Crippen molar-refractivity contribution in [3.05, 3.63) is 29.7 Å². The number of carbonyl (C=O) groups excluding carboxylic acids is 2. The standard InChI is InChI=1S/C20H26I2N2O4/c1-5-9-11-13(21)17(23-15(11)19(25)27-7-3)18-14(22)12(10-6-2)16(24-18)20(26)28-8-4/h23-24H,5-10H2,1-4H3. The predicted octanol–water partition coefficient (Wildman–Crippen LogP) is 5.48. The zero-order valence-corrected chi connectivity index (χ0v) is 20.9. The van der Waals surface area contributed by atoms with Gasteiger partial charge in [-0.05, 0) is 83.0 Å². The average molecular weight is 612 g/mol. The monoisotopic (exact) mass is 612 g/mol. The third-order valence-electron chi connectivity index (χ3n) is 4.28. The summed E-state index contributed by atoms with van der Waals surface area (Å²) in [6.07, 6.45) is 3.37. The number of carbonyl (C=O) groups is 2. The van der Waals surface area contributed by atoms with Crippen molar-refractivity contribution in [2.75, 3.05) is 13.2 Å². The fraction of sp³-hybridized carbons (Fsp3) is 0.500. The summed E-state index contributed by atoms with van der Waals surface area (Å²) < 4.78 is 12.4. The van der Waals surface area contributed by atoms with E-state index in [-0.39, 0.29) is 11.9 Å².